The maximum Gasteiger partial charge on any atom is 0.252 e. The summed E-state index contributed by atoms with van der Waals surface area (Å²) in [5.41, 5.74) is 6.99. The average molecular weight is 253 g/mol. The lowest BCUT2D eigenvalue weighted by molar-refractivity contribution is 0.0944. The monoisotopic (exact) mass is 252 g/mol. The van der Waals surface area contributed by atoms with E-state index in [-0.39, 0.29) is 5.91 Å². The maximum atomic E-state index is 12.0. The molecule has 1 aliphatic rings. The summed E-state index contributed by atoms with van der Waals surface area (Å²) in [6.07, 6.45) is 3.51. The first-order valence-electron chi connectivity index (χ1n) is 5.89. The molecule has 1 amide bonds. The Balaban J connectivity index is 2.02. The summed E-state index contributed by atoms with van der Waals surface area (Å²) in [7, 11) is 0. The summed E-state index contributed by atoms with van der Waals surface area (Å²) in [6, 6.07) is 4.95. The molecule has 4 heteroatoms. The minimum absolute atomic E-state index is 0.137. The molecule has 0 aromatic heterocycles. The molecule has 0 saturated heterocycles. The van der Waals surface area contributed by atoms with Crippen molar-refractivity contribution in [1.82, 2.24) is 5.32 Å². The predicted octanol–water partition coefficient (Wildman–Crippen LogP) is 2.84. The van der Waals surface area contributed by atoms with E-state index in [9.17, 15) is 4.79 Å². The van der Waals surface area contributed by atoms with Crippen molar-refractivity contribution < 1.29 is 4.79 Å². The van der Waals surface area contributed by atoms with Crippen LogP contribution in [0.3, 0.4) is 0 Å². The molecule has 1 fully saturated rings. The van der Waals surface area contributed by atoms with Crippen LogP contribution in [0, 0.1) is 5.41 Å². The molecule has 0 aliphatic heterocycles. The zero-order valence-corrected chi connectivity index (χ0v) is 10.7. The first-order chi connectivity index (χ1) is 8.06. The number of nitrogens with two attached hydrogens (primary N) is 1. The van der Waals surface area contributed by atoms with Gasteiger partial charge in [-0.2, -0.15) is 0 Å². The van der Waals surface area contributed by atoms with Crippen molar-refractivity contribution in [2.75, 3.05) is 12.3 Å². The molecule has 1 aromatic rings. The fourth-order valence-electron chi connectivity index (χ4n) is 1.91. The van der Waals surface area contributed by atoms with Gasteiger partial charge in [0.2, 0.25) is 0 Å². The second kappa shape index (κ2) is 4.57. The van der Waals surface area contributed by atoms with Crippen LogP contribution in [0.25, 0.3) is 0 Å². The van der Waals surface area contributed by atoms with E-state index in [1.165, 1.54) is 12.8 Å². The van der Waals surface area contributed by atoms with Crippen molar-refractivity contribution >= 4 is 23.2 Å². The molecule has 92 valence electrons. The summed E-state index contributed by atoms with van der Waals surface area (Å²) in [4.78, 5) is 12.0. The van der Waals surface area contributed by atoms with E-state index in [1.807, 2.05) is 0 Å². The lowest BCUT2D eigenvalue weighted by atomic mass is 10.0. The second-order valence-corrected chi connectivity index (χ2v) is 5.18. The Bertz CT molecular complexity index is 441. The number of anilines is 1. The number of rotatable bonds is 4. The highest BCUT2D eigenvalue weighted by molar-refractivity contribution is 6.34. The molecule has 0 unspecified atom stereocenters. The predicted molar refractivity (Wildman–Crippen MR) is 70.2 cm³/mol. The largest absolute Gasteiger partial charge is 0.399 e. The van der Waals surface area contributed by atoms with Gasteiger partial charge in [0.05, 0.1) is 10.6 Å². The topological polar surface area (TPSA) is 55.1 Å². The highest BCUT2D eigenvalue weighted by Crippen LogP contribution is 2.47. The molecule has 0 radical (unpaired) electrons. The number of amides is 1. The van der Waals surface area contributed by atoms with Crippen molar-refractivity contribution in [3.8, 4) is 0 Å². The highest BCUT2D eigenvalue weighted by Gasteiger charge is 2.40. The van der Waals surface area contributed by atoms with Crippen LogP contribution in [0.5, 0.6) is 0 Å². The van der Waals surface area contributed by atoms with Gasteiger partial charge in [0.15, 0.2) is 0 Å². The molecule has 1 saturated carbocycles. The van der Waals surface area contributed by atoms with Crippen LogP contribution in [0.15, 0.2) is 18.2 Å². The molecule has 0 atom stereocenters. The zero-order valence-electron chi connectivity index (χ0n) is 9.92. The van der Waals surface area contributed by atoms with E-state index in [1.54, 1.807) is 18.2 Å². The van der Waals surface area contributed by atoms with Gasteiger partial charge in [-0.1, -0.05) is 18.5 Å². The number of nitrogens with one attached hydrogen (secondary N) is 1. The minimum Gasteiger partial charge on any atom is -0.399 e. The summed E-state index contributed by atoms with van der Waals surface area (Å²) in [5, 5.41) is 3.38. The Kier molecular flexibility index (Phi) is 3.29. The van der Waals surface area contributed by atoms with Crippen molar-refractivity contribution in [3.63, 3.8) is 0 Å². The first-order valence-corrected chi connectivity index (χ1v) is 6.27. The van der Waals surface area contributed by atoms with Crippen molar-refractivity contribution in [1.29, 1.82) is 0 Å². The Morgan fingerprint density at radius 1 is 1.53 bits per heavy atom. The molecule has 1 aliphatic carbocycles. The summed E-state index contributed by atoms with van der Waals surface area (Å²) >= 11 is 5.97. The molecule has 3 N–H and O–H groups in total. The number of halogens is 1. The summed E-state index contributed by atoms with van der Waals surface area (Å²) < 4.78 is 0. The molecule has 1 aromatic carbocycles. The van der Waals surface area contributed by atoms with E-state index in [0.29, 0.717) is 21.7 Å². The fourth-order valence-corrected chi connectivity index (χ4v) is 2.12. The SMILES string of the molecule is CCC1(CNC(=O)c2cc(N)ccc2Cl)CC1. The minimum atomic E-state index is -0.137. The molecular weight excluding hydrogens is 236 g/mol. The van der Waals surface area contributed by atoms with Gasteiger partial charge in [-0.25, -0.2) is 0 Å². The van der Waals surface area contributed by atoms with Gasteiger partial charge in [0.25, 0.3) is 5.91 Å². The first kappa shape index (κ1) is 12.2. The lowest BCUT2D eigenvalue weighted by Gasteiger charge is -2.14. The van der Waals surface area contributed by atoms with Gasteiger partial charge in [0.1, 0.15) is 0 Å². The van der Waals surface area contributed by atoms with Gasteiger partial charge in [-0.15, -0.1) is 0 Å². The van der Waals surface area contributed by atoms with Gasteiger partial charge in [0, 0.05) is 12.2 Å². The number of hydrogen-bond donors (Lipinski definition) is 2. The lowest BCUT2D eigenvalue weighted by Crippen LogP contribution is -2.30. The van der Waals surface area contributed by atoms with Crippen LogP contribution in [-0.2, 0) is 0 Å². The smallest absolute Gasteiger partial charge is 0.252 e. The number of hydrogen-bond acceptors (Lipinski definition) is 2. The van der Waals surface area contributed by atoms with Gasteiger partial charge in [-0.3, -0.25) is 4.79 Å². The van der Waals surface area contributed by atoms with Gasteiger partial charge in [-0.05, 0) is 42.9 Å². The van der Waals surface area contributed by atoms with E-state index >= 15 is 0 Å². The van der Waals surface area contributed by atoms with E-state index in [0.717, 1.165) is 13.0 Å². The molecule has 3 nitrogen and oxygen atoms in total. The number of carbonyl (C=O) groups is 1. The van der Waals surface area contributed by atoms with E-state index in [2.05, 4.69) is 12.2 Å². The van der Waals surface area contributed by atoms with Crippen LogP contribution in [0.4, 0.5) is 5.69 Å². The third kappa shape index (κ3) is 2.72. The van der Waals surface area contributed by atoms with E-state index < -0.39 is 0 Å². The standard InChI is InChI=1S/C13H17ClN2O/c1-2-13(5-6-13)8-16-12(17)10-7-9(15)3-4-11(10)14/h3-4,7H,2,5-6,8,15H2,1H3,(H,16,17). The second-order valence-electron chi connectivity index (χ2n) is 4.78. The summed E-state index contributed by atoms with van der Waals surface area (Å²) in [6.45, 7) is 2.89. The Hall–Kier alpha value is -1.22. The third-order valence-corrected chi connectivity index (χ3v) is 3.90. The molecule has 0 spiro atoms. The number of nitrogen functional groups attached to an aromatic ring is 1. The Morgan fingerprint density at radius 2 is 2.24 bits per heavy atom. The van der Waals surface area contributed by atoms with Crippen LogP contribution in [0.1, 0.15) is 36.5 Å². The highest BCUT2D eigenvalue weighted by atomic mass is 35.5. The van der Waals surface area contributed by atoms with Crippen LogP contribution in [-0.4, -0.2) is 12.5 Å². The van der Waals surface area contributed by atoms with Gasteiger partial charge >= 0.3 is 0 Å². The van der Waals surface area contributed by atoms with Crippen LogP contribution in [0.2, 0.25) is 5.02 Å². The van der Waals surface area contributed by atoms with Gasteiger partial charge < -0.3 is 11.1 Å². The average Bonchev–Trinajstić information content (AvgIpc) is 3.10. The number of carbonyl (C=O) groups excluding carboxylic acids is 1. The maximum absolute atomic E-state index is 12.0. The zero-order chi connectivity index (χ0) is 12.5. The van der Waals surface area contributed by atoms with Crippen molar-refractivity contribution in [2.24, 2.45) is 5.41 Å². The normalized spacial score (nSPS) is 16.6. The third-order valence-electron chi connectivity index (χ3n) is 3.57. The van der Waals surface area contributed by atoms with Crippen molar-refractivity contribution in [3.05, 3.63) is 28.8 Å². The fraction of sp³-hybridized carbons (Fsp3) is 0.462. The molecule has 17 heavy (non-hydrogen) atoms. The van der Waals surface area contributed by atoms with E-state index in [4.69, 9.17) is 17.3 Å². The number of benzene rings is 1. The van der Waals surface area contributed by atoms with Crippen LogP contribution >= 0.6 is 11.6 Å². The Morgan fingerprint density at radius 3 is 2.82 bits per heavy atom. The van der Waals surface area contributed by atoms with Crippen LogP contribution < -0.4 is 11.1 Å². The van der Waals surface area contributed by atoms with Crippen molar-refractivity contribution in [2.45, 2.75) is 26.2 Å². The molecular formula is C13H17ClN2O. The molecule has 0 heterocycles. The Labute approximate surface area is 106 Å². The molecule has 2 rings (SSSR count). The molecule has 0 bridgehead atoms. The quantitative estimate of drug-likeness (QED) is 0.810. The summed E-state index contributed by atoms with van der Waals surface area (Å²) in [5.74, 6) is -0.137.